The maximum atomic E-state index is 11.9. The normalized spacial score (nSPS) is 12.1. The molecule has 0 atom stereocenters. The number of hydrogen-bond acceptors (Lipinski definition) is 8. The van der Waals surface area contributed by atoms with Crippen molar-refractivity contribution in [2.24, 2.45) is 0 Å². The molecule has 0 aliphatic heterocycles. The molecule has 12 heteroatoms. The van der Waals surface area contributed by atoms with E-state index in [-0.39, 0.29) is 0 Å². The van der Waals surface area contributed by atoms with E-state index >= 15 is 0 Å². The van der Waals surface area contributed by atoms with Crippen LogP contribution in [0.1, 0.15) is 22.3 Å². The quantitative estimate of drug-likeness (QED) is 0.152. The van der Waals surface area contributed by atoms with Crippen molar-refractivity contribution in [2.45, 2.75) is 0 Å². The van der Waals surface area contributed by atoms with Crippen molar-refractivity contribution in [3.05, 3.63) is 326 Å². The van der Waals surface area contributed by atoms with Crippen molar-refractivity contribution < 1.29 is 17.7 Å². The SMILES string of the molecule is N#Cc1cccc(-c2cc(-n3c4ccccc4c4ccc5oc6ccccc6c5c43)c(-n3c4ccc(-c5ccc(-c6cc(-n7c8ccccc8c8ccc9c%10ccccc%10oc9c87)c(-n7c8ccccc8c8ccc9c%10ccccc%10oc9c87)cc6C#N)cc5C#N)cc4c4ccc5oc6ccccc6c5c43)cc2C#N)c1. The van der Waals surface area contributed by atoms with Crippen molar-refractivity contribution in [1.82, 2.24) is 18.3 Å². The number of hydrogen-bond donors (Lipinski definition) is 0. The number of para-hydroxylation sites is 7. The summed E-state index contributed by atoms with van der Waals surface area (Å²) in [5.41, 5.74) is 21.8. The minimum Gasteiger partial charge on any atom is -0.456 e. The van der Waals surface area contributed by atoms with Gasteiger partial charge in [0.2, 0.25) is 0 Å². The summed E-state index contributed by atoms with van der Waals surface area (Å²) in [6.45, 7) is 0. The molecule has 0 saturated heterocycles. The average Bonchev–Trinajstić information content (AvgIpc) is 1.57. The van der Waals surface area contributed by atoms with Crippen LogP contribution in [0.5, 0.6) is 0 Å². The average molecular weight is 1430 g/mol. The third kappa shape index (κ3) is 8.27. The molecule has 8 aromatic heterocycles. The number of aromatic nitrogens is 4. The molecule has 0 bridgehead atoms. The minimum absolute atomic E-state index is 0.395. The van der Waals surface area contributed by atoms with E-state index in [1.54, 1.807) is 6.07 Å². The van der Waals surface area contributed by atoms with E-state index in [4.69, 9.17) is 17.7 Å². The van der Waals surface area contributed by atoms with Gasteiger partial charge in [0.15, 0.2) is 11.2 Å². The Bertz CT molecular complexity index is 8600. The van der Waals surface area contributed by atoms with Crippen LogP contribution in [0.3, 0.4) is 0 Å². The van der Waals surface area contributed by atoms with Gasteiger partial charge in [0.05, 0.1) is 124 Å². The molecule has 0 unspecified atom stereocenters. The van der Waals surface area contributed by atoms with Gasteiger partial charge in [-0.1, -0.05) is 170 Å². The standard InChI is InChI=1S/C100H50N8O4/c101-51-55-16-15-17-56(44-55)76-49-85(105-79-25-8-1-18-63(79)68-39-42-91-93(95(68)105)74-23-6-13-30-89(74)109-91)83(47-60(76)53-103)106-82-41-33-58(46-78(82)71-40-43-92-94(96(71)106)75-24-7-14-31-90(75)110-92)62-34-32-57(45-59(62)52-102)77-50-86(108-81-27-10-3-20-65(81)70-36-38-73-67-22-5-12-29-88(67)112-100(73)98(70)108)84(48-61(77)54-104)107-80-26-9-2-19-64(80)69-35-37-72-66-21-4-11-28-87(66)111-99(72)97(69)107/h1-50H. The zero-order chi connectivity index (χ0) is 73.9. The van der Waals surface area contributed by atoms with Gasteiger partial charge in [-0.15, -0.1) is 0 Å². The Morgan fingerprint density at radius 1 is 0.214 bits per heavy atom. The van der Waals surface area contributed by atoms with Crippen LogP contribution in [-0.4, -0.2) is 18.3 Å². The summed E-state index contributed by atoms with van der Waals surface area (Å²) in [6, 6.07) is 113. The molecule has 0 N–H and O–H groups in total. The highest BCUT2D eigenvalue weighted by molar-refractivity contribution is 6.28. The van der Waals surface area contributed by atoms with Crippen molar-refractivity contribution >= 4 is 175 Å². The van der Waals surface area contributed by atoms with Gasteiger partial charge in [0.25, 0.3) is 0 Å². The molecule has 514 valence electrons. The molecule has 8 heterocycles. The van der Waals surface area contributed by atoms with Crippen LogP contribution in [-0.2, 0) is 0 Å². The maximum Gasteiger partial charge on any atom is 0.160 e. The van der Waals surface area contributed by atoms with Crippen molar-refractivity contribution in [3.63, 3.8) is 0 Å². The first-order valence-electron chi connectivity index (χ1n) is 37.0. The molecule has 0 fully saturated rings. The van der Waals surface area contributed by atoms with Crippen molar-refractivity contribution in [2.75, 3.05) is 0 Å². The van der Waals surface area contributed by atoms with Crippen LogP contribution in [0, 0.1) is 45.3 Å². The fourth-order valence-electron chi connectivity index (χ4n) is 18.6. The Kier molecular flexibility index (Phi) is 12.4. The molecule has 0 aliphatic rings. The molecule has 112 heavy (non-hydrogen) atoms. The molecule has 24 rings (SSSR count). The molecule has 16 aromatic carbocycles. The van der Waals surface area contributed by atoms with Gasteiger partial charge in [-0.05, 0) is 156 Å². The van der Waals surface area contributed by atoms with Gasteiger partial charge >= 0.3 is 0 Å². The second-order valence-corrected chi connectivity index (χ2v) is 28.9. The summed E-state index contributed by atoms with van der Waals surface area (Å²) in [5.74, 6) is 0. The Morgan fingerprint density at radius 2 is 0.580 bits per heavy atom. The van der Waals surface area contributed by atoms with Crippen molar-refractivity contribution in [1.29, 1.82) is 21.0 Å². The smallest absolute Gasteiger partial charge is 0.160 e. The third-order valence-electron chi connectivity index (χ3n) is 23.3. The van der Waals surface area contributed by atoms with E-state index in [2.05, 4.69) is 212 Å². The molecule has 0 amide bonds. The van der Waals surface area contributed by atoms with E-state index < -0.39 is 0 Å². The Hall–Kier alpha value is -16.1. The van der Waals surface area contributed by atoms with Crippen LogP contribution in [0.15, 0.2) is 321 Å². The van der Waals surface area contributed by atoms with E-state index in [1.165, 1.54) is 0 Å². The lowest BCUT2D eigenvalue weighted by molar-refractivity contribution is 0.669. The summed E-state index contributed by atoms with van der Waals surface area (Å²) in [7, 11) is 0. The highest BCUT2D eigenvalue weighted by atomic mass is 16.3. The molecule has 0 spiro atoms. The molecule has 0 aliphatic carbocycles. The van der Waals surface area contributed by atoms with Crippen LogP contribution < -0.4 is 0 Å². The molecule has 12 nitrogen and oxygen atoms in total. The van der Waals surface area contributed by atoms with Crippen LogP contribution >= 0.6 is 0 Å². The summed E-state index contributed by atoms with van der Waals surface area (Å²) in [5, 5.41) is 61.1. The van der Waals surface area contributed by atoms with E-state index in [9.17, 15) is 21.0 Å². The number of nitrogens with zero attached hydrogens (tertiary/aromatic N) is 8. The maximum absolute atomic E-state index is 11.9. The fraction of sp³-hybridized carbons (Fsp3) is 0. The summed E-state index contributed by atoms with van der Waals surface area (Å²) in [4.78, 5) is 0. The first-order valence-corrected chi connectivity index (χ1v) is 37.0. The second kappa shape index (κ2) is 22.7. The number of fused-ring (bicyclic) bond motifs is 28. The van der Waals surface area contributed by atoms with E-state index in [0.29, 0.717) is 55.8 Å². The van der Waals surface area contributed by atoms with Gasteiger partial charge in [0.1, 0.15) is 33.5 Å². The molecular formula is C100H50N8O4. The molecule has 24 aromatic rings. The predicted molar refractivity (Wildman–Crippen MR) is 448 cm³/mol. The molecular weight excluding hydrogens is 1380 g/mol. The Labute approximate surface area is 634 Å². The van der Waals surface area contributed by atoms with Crippen LogP contribution in [0.25, 0.3) is 231 Å². The fourth-order valence-corrected chi connectivity index (χ4v) is 18.6. The first kappa shape index (κ1) is 61.1. The zero-order valence-corrected chi connectivity index (χ0v) is 59.1. The lowest BCUT2D eigenvalue weighted by atomic mass is 9.92. The van der Waals surface area contributed by atoms with Crippen LogP contribution in [0.4, 0.5) is 0 Å². The van der Waals surface area contributed by atoms with Crippen molar-refractivity contribution in [3.8, 4) is 80.4 Å². The lowest BCUT2D eigenvalue weighted by Gasteiger charge is -2.20. The summed E-state index contributed by atoms with van der Waals surface area (Å²) in [6.07, 6.45) is 0. The monoisotopic (exact) mass is 1430 g/mol. The highest BCUT2D eigenvalue weighted by Crippen LogP contribution is 2.51. The van der Waals surface area contributed by atoms with Gasteiger partial charge in [-0.3, -0.25) is 0 Å². The minimum atomic E-state index is 0.395. The Balaban J connectivity index is 0.760. The summed E-state index contributed by atoms with van der Waals surface area (Å²) < 4.78 is 36.6. The van der Waals surface area contributed by atoms with E-state index in [1.807, 2.05) is 127 Å². The topological polar surface area (TPSA) is 167 Å². The van der Waals surface area contributed by atoms with Gasteiger partial charge < -0.3 is 35.9 Å². The van der Waals surface area contributed by atoms with Gasteiger partial charge in [0, 0.05) is 86.5 Å². The summed E-state index contributed by atoms with van der Waals surface area (Å²) >= 11 is 0. The number of benzene rings is 16. The molecule has 0 radical (unpaired) electrons. The Morgan fingerprint density at radius 3 is 1.07 bits per heavy atom. The largest absolute Gasteiger partial charge is 0.456 e. The number of rotatable bonds is 7. The highest BCUT2D eigenvalue weighted by Gasteiger charge is 2.31. The van der Waals surface area contributed by atoms with Gasteiger partial charge in [-0.2, -0.15) is 21.0 Å². The second-order valence-electron chi connectivity index (χ2n) is 28.9. The van der Waals surface area contributed by atoms with E-state index in [0.717, 1.165) is 198 Å². The van der Waals surface area contributed by atoms with Crippen LogP contribution in [0.2, 0.25) is 0 Å². The third-order valence-corrected chi connectivity index (χ3v) is 23.3. The lowest BCUT2D eigenvalue weighted by Crippen LogP contribution is -2.06. The van der Waals surface area contributed by atoms with Gasteiger partial charge in [-0.25, -0.2) is 0 Å². The predicted octanol–water partition coefficient (Wildman–Crippen LogP) is 26.2. The molecule has 0 saturated carbocycles. The first-order chi connectivity index (χ1) is 55.4. The number of nitriles is 4. The number of furan rings is 4. The zero-order valence-electron chi connectivity index (χ0n) is 59.1.